The van der Waals surface area contributed by atoms with Crippen LogP contribution >= 0.6 is 35.7 Å². The van der Waals surface area contributed by atoms with Gasteiger partial charge < -0.3 is 24.3 Å². The Kier molecular flexibility index (Phi) is 27.3. The Morgan fingerprint density at radius 3 is 2.05 bits per heavy atom. The van der Waals surface area contributed by atoms with Crippen molar-refractivity contribution < 1.29 is 78.9 Å². The number of oxime groups is 2. The van der Waals surface area contributed by atoms with Gasteiger partial charge >= 0.3 is 42.4 Å². The van der Waals surface area contributed by atoms with Crippen molar-refractivity contribution in [1.82, 2.24) is 13.9 Å². The number of nitrogens with zero attached hydrogens (tertiary/aromatic N) is 5. The number of nitrogens with one attached hydrogen (secondary N) is 1. The van der Waals surface area contributed by atoms with Crippen molar-refractivity contribution in [3.63, 3.8) is 0 Å². The number of amides is 2. The second-order valence-corrected chi connectivity index (χ2v) is 20.5. The maximum absolute atomic E-state index is 12.8. The fourth-order valence-corrected chi connectivity index (χ4v) is 7.04. The Hall–Kier alpha value is -6.43. The minimum Gasteiger partial charge on any atom is -0.466 e. The zero-order valence-corrected chi connectivity index (χ0v) is 45.6. The van der Waals surface area contributed by atoms with Gasteiger partial charge in [-0.05, 0) is 81.4 Å². The molecule has 0 heterocycles. The number of allylic oxidation sites excluding steroid dienone is 1. The molecule has 76 heavy (non-hydrogen) atoms. The molecular formula is C50H60F6N6O11S3. The van der Waals surface area contributed by atoms with Crippen molar-refractivity contribution in [2.24, 2.45) is 27.6 Å². The van der Waals surface area contributed by atoms with Crippen LogP contribution in [0.1, 0.15) is 65.2 Å². The van der Waals surface area contributed by atoms with E-state index in [4.69, 9.17) is 19.0 Å². The van der Waals surface area contributed by atoms with E-state index < -0.39 is 65.9 Å². The molecule has 3 unspecified atom stereocenters. The van der Waals surface area contributed by atoms with Crippen LogP contribution in [0.15, 0.2) is 107 Å². The summed E-state index contributed by atoms with van der Waals surface area (Å²) in [5.74, 6) is -3.72. The van der Waals surface area contributed by atoms with Crippen molar-refractivity contribution >= 4 is 77.0 Å². The molecule has 0 radical (unpaired) electrons. The van der Waals surface area contributed by atoms with Gasteiger partial charge in [0.25, 0.3) is 6.10 Å². The van der Waals surface area contributed by atoms with Gasteiger partial charge in [0.1, 0.15) is 22.6 Å². The van der Waals surface area contributed by atoms with Gasteiger partial charge in [-0.3, -0.25) is 19.3 Å². The van der Waals surface area contributed by atoms with Gasteiger partial charge in [-0.2, -0.15) is 43.4 Å². The van der Waals surface area contributed by atoms with Gasteiger partial charge in [-0.15, -0.1) is 11.8 Å². The quantitative estimate of drug-likeness (QED) is 0.0128. The van der Waals surface area contributed by atoms with Gasteiger partial charge in [0.05, 0.1) is 25.2 Å². The molecule has 1 saturated carbocycles. The van der Waals surface area contributed by atoms with E-state index in [1.165, 1.54) is 41.3 Å². The normalized spacial score (nSPS) is 15.5. The van der Waals surface area contributed by atoms with Gasteiger partial charge in [0, 0.05) is 55.7 Å². The Morgan fingerprint density at radius 2 is 1.50 bits per heavy atom. The Morgan fingerprint density at radius 1 is 0.895 bits per heavy atom. The number of hydrogen-bond acceptors (Lipinski definition) is 18. The lowest BCUT2D eigenvalue weighted by atomic mass is 10.1. The van der Waals surface area contributed by atoms with Crippen LogP contribution in [0.25, 0.3) is 0 Å². The number of nitriles is 1. The number of hydrogen-bond donors (Lipinski definition) is 1. The van der Waals surface area contributed by atoms with Gasteiger partial charge in [-0.1, -0.05) is 90.9 Å². The summed E-state index contributed by atoms with van der Waals surface area (Å²) in [4.78, 5) is 68.0. The molecule has 4 rings (SSSR count). The van der Waals surface area contributed by atoms with Crippen LogP contribution in [-0.4, -0.2) is 113 Å². The second kappa shape index (κ2) is 31.6. The first-order valence-electron chi connectivity index (χ1n) is 22.7. The van der Waals surface area contributed by atoms with Crippen LogP contribution in [-0.2, 0) is 44.8 Å². The van der Waals surface area contributed by atoms with Crippen LogP contribution in [0.3, 0.4) is 0 Å². The Labute approximate surface area is 450 Å². The highest BCUT2D eigenvalue weighted by Gasteiger charge is 2.62. The smallest absolute Gasteiger partial charge is 0.446 e. The zero-order chi connectivity index (χ0) is 57.3. The summed E-state index contributed by atoms with van der Waals surface area (Å²) in [5, 5.41) is 19.8. The lowest BCUT2D eigenvalue weighted by Gasteiger charge is -2.24. The number of alkyl halides is 6. The molecule has 0 aliphatic heterocycles. The van der Waals surface area contributed by atoms with Gasteiger partial charge in [0.15, 0.2) is 0 Å². The molecule has 0 bridgehead atoms. The SMILES string of the molecule is CC1(C)C(/C=C\C(=O)OC(C(F)(F)F)C(F)(F)F)C1C(=O)OC(C#N)c1cccc(Oc2ccccc2)c1.CCOC(=O)CCN(Cc1ccccc1)SN(C)C(=O)O/N=C(/C)SC.CNC(=O)O/N=C/C(C)(C)SC. The van der Waals surface area contributed by atoms with Gasteiger partial charge in [-0.25, -0.2) is 23.0 Å². The van der Waals surface area contributed by atoms with Crippen molar-refractivity contribution in [3.8, 4) is 17.6 Å². The molecule has 3 aromatic carbocycles. The van der Waals surface area contributed by atoms with Crippen molar-refractivity contribution in [1.29, 1.82) is 5.26 Å². The number of benzene rings is 3. The lowest BCUT2D eigenvalue weighted by molar-refractivity contribution is -0.312. The molecule has 0 spiro atoms. The molecule has 3 atom stereocenters. The number of ether oxygens (including phenoxy) is 4. The molecular weight excluding hydrogens is 1070 g/mol. The largest absolute Gasteiger partial charge is 0.466 e. The average Bonchev–Trinajstić information content (AvgIpc) is 3.94. The molecule has 1 N–H and O–H groups in total. The highest BCUT2D eigenvalue weighted by Crippen LogP contribution is 2.60. The highest BCUT2D eigenvalue weighted by atomic mass is 32.2. The zero-order valence-electron chi connectivity index (χ0n) is 43.2. The van der Waals surface area contributed by atoms with Crippen LogP contribution in [0.2, 0.25) is 0 Å². The second-order valence-electron chi connectivity index (χ2n) is 16.8. The van der Waals surface area contributed by atoms with E-state index in [9.17, 15) is 55.6 Å². The predicted octanol–water partition coefficient (Wildman–Crippen LogP) is 11.7. The van der Waals surface area contributed by atoms with Crippen LogP contribution in [0.4, 0.5) is 35.9 Å². The summed E-state index contributed by atoms with van der Waals surface area (Å²) in [6.45, 7) is 12.0. The van der Waals surface area contributed by atoms with E-state index in [2.05, 4.69) is 25.2 Å². The third kappa shape index (κ3) is 24.1. The number of rotatable bonds is 20. The number of para-hydroxylation sites is 1. The summed E-state index contributed by atoms with van der Waals surface area (Å²) in [6, 6.07) is 26.7. The molecule has 416 valence electrons. The van der Waals surface area contributed by atoms with Crippen molar-refractivity contribution in [3.05, 3.63) is 108 Å². The first kappa shape index (κ1) is 65.7. The first-order chi connectivity index (χ1) is 35.6. The molecule has 17 nitrogen and oxygen atoms in total. The summed E-state index contributed by atoms with van der Waals surface area (Å²) >= 11 is 4.20. The fraction of sp³-hybridized carbons (Fsp3) is 0.440. The molecule has 1 aliphatic rings. The lowest BCUT2D eigenvalue weighted by Crippen LogP contribution is -2.45. The van der Waals surface area contributed by atoms with Crippen LogP contribution in [0, 0.1) is 28.6 Å². The summed E-state index contributed by atoms with van der Waals surface area (Å²) in [7, 11) is 3.08. The predicted molar refractivity (Wildman–Crippen MR) is 277 cm³/mol. The topological polar surface area (TPSA) is 208 Å². The number of carbonyl (C=O) groups is 5. The van der Waals surface area contributed by atoms with Crippen LogP contribution < -0.4 is 10.1 Å². The number of esters is 3. The molecule has 0 saturated heterocycles. The standard InChI is InChI=1S/C26H21F6NO5.C17H25N3O4S2.C7H14N2O2S/c1-24(2)18(11-12-20(34)38-23(25(27,28)29)26(30,31)32)21(24)22(35)37-19(14-33)15-7-6-10-17(13-15)36-16-8-4-3-5-9-16;1-5-23-16(21)11-12-20(13-15-9-7-6-8-10-15)26-19(3)17(22)24-18-14(2)25-4;1-7(2,12-4)5-9-11-6(10)8-3/h3-13,18-19,21,23H,1-2H3;6-10H,5,11-13H2,1-4H3;5H,1-4H3,(H,8,10)/b12-11-;18-14-;9-5+. The maximum atomic E-state index is 12.8. The van der Waals surface area contributed by atoms with Crippen LogP contribution in [0.5, 0.6) is 11.5 Å². The third-order valence-electron chi connectivity index (χ3n) is 10.3. The number of thioether (sulfide) groups is 2. The number of halogens is 6. The molecule has 1 aliphatic carbocycles. The van der Waals surface area contributed by atoms with Crippen molar-refractivity contribution in [2.45, 2.75) is 83.8 Å². The first-order valence-corrected chi connectivity index (χ1v) is 25.9. The molecule has 0 aromatic heterocycles. The average molecular weight is 1130 g/mol. The summed E-state index contributed by atoms with van der Waals surface area (Å²) < 4.78 is 98.3. The van der Waals surface area contributed by atoms with E-state index in [0.29, 0.717) is 47.9 Å². The van der Waals surface area contributed by atoms with E-state index in [-0.39, 0.29) is 17.1 Å². The maximum Gasteiger partial charge on any atom is 0.446 e. The Bertz CT molecular complexity index is 2470. The molecule has 2 amide bonds. The fourth-order valence-electron chi connectivity index (χ4n) is 5.96. The minimum atomic E-state index is -5.84. The van der Waals surface area contributed by atoms with E-state index >= 15 is 0 Å². The minimum absolute atomic E-state index is 0.103. The molecule has 1 fully saturated rings. The molecule has 26 heteroatoms. The Balaban J connectivity index is 0.000000448. The summed E-state index contributed by atoms with van der Waals surface area (Å²) in [6.07, 6.45) is -11.4. The number of carbonyl (C=O) groups excluding carboxylic acids is 5. The van der Waals surface area contributed by atoms with E-state index in [1.807, 2.05) is 67.1 Å². The third-order valence-corrected chi connectivity index (χ3v) is 13.0. The summed E-state index contributed by atoms with van der Waals surface area (Å²) in [5.41, 5.74) is 0.537. The van der Waals surface area contributed by atoms with E-state index in [1.54, 1.807) is 101 Å². The monoisotopic (exact) mass is 1130 g/mol. The highest BCUT2D eigenvalue weighted by molar-refractivity contribution is 8.13. The van der Waals surface area contributed by atoms with E-state index in [0.717, 1.165) is 11.6 Å². The molecule has 3 aromatic rings. The van der Waals surface area contributed by atoms with Crippen molar-refractivity contribution in [2.75, 3.05) is 39.8 Å². The van der Waals surface area contributed by atoms with Gasteiger partial charge in [0.2, 0.25) is 6.10 Å².